The highest BCUT2D eigenvalue weighted by Gasteiger charge is 2.35. The van der Waals surface area contributed by atoms with Gasteiger partial charge in [0.1, 0.15) is 23.9 Å². The zero-order chi connectivity index (χ0) is 26.4. The SMILES string of the molecule is COCCN(CC(=O)N1N=C(c2ccccc2F)CC1c1ccc(OC)cc1)C(=O)c1cccc(F)c1. The first kappa shape index (κ1) is 26.0. The Labute approximate surface area is 213 Å². The maximum Gasteiger partial charge on any atom is 0.262 e. The van der Waals surface area contributed by atoms with E-state index < -0.39 is 29.5 Å². The van der Waals surface area contributed by atoms with Crippen molar-refractivity contribution in [1.29, 1.82) is 0 Å². The number of ether oxygens (including phenoxy) is 2. The molecule has 192 valence electrons. The average Bonchev–Trinajstić information content (AvgIpc) is 3.36. The summed E-state index contributed by atoms with van der Waals surface area (Å²) < 4.78 is 38.7. The summed E-state index contributed by atoms with van der Waals surface area (Å²) in [7, 11) is 3.04. The molecule has 4 rings (SSSR count). The van der Waals surface area contributed by atoms with E-state index in [9.17, 15) is 18.4 Å². The van der Waals surface area contributed by atoms with Crippen LogP contribution in [-0.2, 0) is 9.53 Å². The van der Waals surface area contributed by atoms with Gasteiger partial charge in [-0.15, -0.1) is 0 Å². The van der Waals surface area contributed by atoms with E-state index in [0.29, 0.717) is 17.0 Å². The molecule has 1 heterocycles. The molecule has 0 fully saturated rings. The van der Waals surface area contributed by atoms with Crippen molar-refractivity contribution in [3.05, 3.63) is 101 Å². The molecule has 3 aromatic carbocycles. The molecule has 0 aromatic heterocycles. The Morgan fingerprint density at radius 2 is 1.78 bits per heavy atom. The number of rotatable bonds is 9. The fourth-order valence-corrected chi connectivity index (χ4v) is 4.18. The Bertz CT molecular complexity index is 1300. The number of carbonyl (C=O) groups is 2. The molecule has 0 spiro atoms. The van der Waals surface area contributed by atoms with E-state index in [4.69, 9.17) is 9.47 Å². The van der Waals surface area contributed by atoms with E-state index >= 15 is 0 Å². The third-order valence-electron chi connectivity index (χ3n) is 6.10. The molecule has 37 heavy (non-hydrogen) atoms. The third-order valence-corrected chi connectivity index (χ3v) is 6.10. The fourth-order valence-electron chi connectivity index (χ4n) is 4.18. The lowest BCUT2D eigenvalue weighted by Crippen LogP contribution is -2.42. The molecular weight excluding hydrogens is 480 g/mol. The first-order valence-corrected chi connectivity index (χ1v) is 11.7. The largest absolute Gasteiger partial charge is 0.497 e. The van der Waals surface area contributed by atoms with E-state index in [0.717, 1.165) is 11.6 Å². The van der Waals surface area contributed by atoms with Crippen LogP contribution in [0.2, 0.25) is 0 Å². The number of hydrogen-bond donors (Lipinski definition) is 0. The van der Waals surface area contributed by atoms with Crippen molar-refractivity contribution in [1.82, 2.24) is 9.91 Å². The van der Waals surface area contributed by atoms with Crippen LogP contribution in [0.25, 0.3) is 0 Å². The van der Waals surface area contributed by atoms with Gasteiger partial charge in [-0.3, -0.25) is 9.59 Å². The van der Waals surface area contributed by atoms with Gasteiger partial charge in [0.05, 0.1) is 25.5 Å². The first-order valence-electron chi connectivity index (χ1n) is 11.7. The second-order valence-electron chi connectivity index (χ2n) is 8.49. The summed E-state index contributed by atoms with van der Waals surface area (Å²) in [6, 6.07) is 18.2. The summed E-state index contributed by atoms with van der Waals surface area (Å²) in [4.78, 5) is 28.0. The van der Waals surface area contributed by atoms with Gasteiger partial charge in [0, 0.05) is 31.2 Å². The van der Waals surface area contributed by atoms with Crippen LogP contribution in [0.4, 0.5) is 8.78 Å². The van der Waals surface area contributed by atoms with E-state index in [1.165, 1.54) is 41.3 Å². The summed E-state index contributed by atoms with van der Waals surface area (Å²) in [5.41, 5.74) is 1.63. The fraction of sp³-hybridized carbons (Fsp3) is 0.250. The Morgan fingerprint density at radius 3 is 2.46 bits per heavy atom. The normalized spacial score (nSPS) is 14.9. The monoisotopic (exact) mass is 507 g/mol. The highest BCUT2D eigenvalue weighted by Crippen LogP contribution is 2.34. The molecule has 0 saturated heterocycles. The molecule has 3 aromatic rings. The quantitative estimate of drug-likeness (QED) is 0.429. The van der Waals surface area contributed by atoms with Crippen molar-refractivity contribution in [3.63, 3.8) is 0 Å². The molecule has 2 amide bonds. The van der Waals surface area contributed by atoms with E-state index in [1.54, 1.807) is 37.4 Å². The minimum atomic E-state index is -0.554. The molecule has 0 saturated carbocycles. The van der Waals surface area contributed by atoms with Crippen LogP contribution in [0.3, 0.4) is 0 Å². The van der Waals surface area contributed by atoms with Crippen LogP contribution in [0, 0.1) is 11.6 Å². The number of benzene rings is 3. The number of hydrazone groups is 1. The van der Waals surface area contributed by atoms with Crippen molar-refractivity contribution in [3.8, 4) is 5.75 Å². The summed E-state index contributed by atoms with van der Waals surface area (Å²) in [5.74, 6) is -1.31. The van der Waals surface area contributed by atoms with Gasteiger partial charge in [-0.25, -0.2) is 13.8 Å². The molecule has 0 N–H and O–H groups in total. The minimum Gasteiger partial charge on any atom is -0.497 e. The van der Waals surface area contributed by atoms with Gasteiger partial charge in [-0.1, -0.05) is 36.4 Å². The maximum atomic E-state index is 14.6. The Morgan fingerprint density at radius 1 is 1.03 bits per heavy atom. The number of nitrogens with zero attached hydrogens (tertiary/aromatic N) is 3. The standard InChI is InChI=1S/C28H27F2N3O4/c1-36-15-14-32(28(35)20-6-5-7-21(29)16-20)18-27(34)33-26(19-10-12-22(37-2)13-11-19)17-25(31-33)23-8-3-4-9-24(23)30/h3-13,16,26H,14-15,17-18H2,1-2H3. The lowest BCUT2D eigenvalue weighted by Gasteiger charge is -2.27. The second-order valence-corrected chi connectivity index (χ2v) is 8.49. The average molecular weight is 508 g/mol. The molecular formula is C28H27F2N3O4. The van der Waals surface area contributed by atoms with E-state index in [-0.39, 0.29) is 31.7 Å². The van der Waals surface area contributed by atoms with Gasteiger partial charge in [0.2, 0.25) is 0 Å². The Balaban J connectivity index is 1.64. The predicted octanol–water partition coefficient (Wildman–Crippen LogP) is 4.44. The van der Waals surface area contributed by atoms with Crippen molar-refractivity contribution in [2.24, 2.45) is 5.10 Å². The van der Waals surface area contributed by atoms with Gasteiger partial charge < -0.3 is 14.4 Å². The topological polar surface area (TPSA) is 71.4 Å². The number of methoxy groups -OCH3 is 2. The summed E-state index contributed by atoms with van der Waals surface area (Å²) in [5, 5.41) is 5.79. The predicted molar refractivity (Wildman–Crippen MR) is 134 cm³/mol. The maximum absolute atomic E-state index is 14.6. The summed E-state index contributed by atoms with van der Waals surface area (Å²) in [6.07, 6.45) is 0.287. The molecule has 9 heteroatoms. The molecule has 7 nitrogen and oxygen atoms in total. The van der Waals surface area contributed by atoms with Gasteiger partial charge in [0.15, 0.2) is 0 Å². The van der Waals surface area contributed by atoms with Gasteiger partial charge in [-0.05, 0) is 42.0 Å². The molecule has 1 aliphatic rings. The van der Waals surface area contributed by atoms with Crippen LogP contribution < -0.4 is 4.74 Å². The Hall–Kier alpha value is -4.11. The number of carbonyl (C=O) groups excluding carboxylic acids is 2. The van der Waals surface area contributed by atoms with Crippen LogP contribution in [-0.4, -0.2) is 61.4 Å². The first-order chi connectivity index (χ1) is 17.9. The highest BCUT2D eigenvalue weighted by atomic mass is 19.1. The van der Waals surface area contributed by atoms with Gasteiger partial charge in [0.25, 0.3) is 11.8 Å². The van der Waals surface area contributed by atoms with Gasteiger partial charge >= 0.3 is 0 Å². The molecule has 1 unspecified atom stereocenters. The van der Waals surface area contributed by atoms with E-state index in [2.05, 4.69) is 5.10 Å². The lowest BCUT2D eigenvalue weighted by molar-refractivity contribution is -0.133. The number of hydrogen-bond acceptors (Lipinski definition) is 5. The van der Waals surface area contributed by atoms with Gasteiger partial charge in [-0.2, -0.15) is 5.10 Å². The molecule has 1 atom stereocenters. The highest BCUT2D eigenvalue weighted by molar-refractivity contribution is 6.04. The lowest BCUT2D eigenvalue weighted by atomic mass is 9.98. The Kier molecular flexibility index (Phi) is 8.25. The summed E-state index contributed by atoms with van der Waals surface area (Å²) >= 11 is 0. The zero-order valence-electron chi connectivity index (χ0n) is 20.6. The smallest absolute Gasteiger partial charge is 0.262 e. The number of halogens is 2. The number of amides is 2. The molecule has 1 aliphatic heterocycles. The minimum absolute atomic E-state index is 0.114. The molecule has 0 bridgehead atoms. The summed E-state index contributed by atoms with van der Waals surface area (Å²) in [6.45, 7) is -0.0259. The van der Waals surface area contributed by atoms with Crippen molar-refractivity contribution in [2.45, 2.75) is 12.5 Å². The molecule has 0 radical (unpaired) electrons. The second kappa shape index (κ2) is 11.7. The van der Waals surface area contributed by atoms with E-state index in [1.807, 2.05) is 12.1 Å². The zero-order valence-corrected chi connectivity index (χ0v) is 20.6. The third kappa shape index (κ3) is 6.00. The van der Waals surface area contributed by atoms with Crippen molar-refractivity contribution < 1.29 is 27.8 Å². The van der Waals surface area contributed by atoms with Crippen LogP contribution in [0.1, 0.15) is 33.9 Å². The molecule has 0 aliphatic carbocycles. The van der Waals surface area contributed by atoms with Crippen molar-refractivity contribution >= 4 is 17.5 Å². The van der Waals surface area contributed by atoms with Crippen LogP contribution >= 0.6 is 0 Å². The van der Waals surface area contributed by atoms with Crippen molar-refractivity contribution in [2.75, 3.05) is 33.9 Å². The van der Waals surface area contributed by atoms with Crippen LogP contribution in [0.15, 0.2) is 77.9 Å². The van der Waals surface area contributed by atoms with Crippen LogP contribution in [0.5, 0.6) is 5.75 Å².